The summed E-state index contributed by atoms with van der Waals surface area (Å²) in [4.78, 5) is 16.1. The number of hydrogen-bond acceptors (Lipinski definition) is 4. The zero-order valence-electron chi connectivity index (χ0n) is 10.2. The lowest BCUT2D eigenvalue weighted by atomic mass is 10.2. The van der Waals surface area contributed by atoms with Crippen molar-refractivity contribution in [3.63, 3.8) is 0 Å². The Bertz CT molecular complexity index is 596. The molecule has 1 aromatic heterocycles. The second kappa shape index (κ2) is 5.71. The summed E-state index contributed by atoms with van der Waals surface area (Å²) in [6, 6.07) is 8.44. The highest BCUT2D eigenvalue weighted by Gasteiger charge is 2.11. The van der Waals surface area contributed by atoms with Gasteiger partial charge in [-0.15, -0.1) is 0 Å². The predicted octanol–water partition coefficient (Wildman–Crippen LogP) is 2.69. The second-order valence-corrected chi connectivity index (χ2v) is 4.70. The van der Waals surface area contributed by atoms with Crippen LogP contribution in [0.25, 0.3) is 0 Å². The highest BCUT2D eigenvalue weighted by molar-refractivity contribution is 9.10. The van der Waals surface area contributed by atoms with Crippen molar-refractivity contribution in [3.05, 3.63) is 46.6 Å². The van der Waals surface area contributed by atoms with Gasteiger partial charge in [0.1, 0.15) is 5.69 Å². The van der Waals surface area contributed by atoms with E-state index in [1.54, 1.807) is 36.5 Å². The third-order valence-corrected chi connectivity index (χ3v) is 2.85. The van der Waals surface area contributed by atoms with Gasteiger partial charge in [-0.05, 0) is 30.3 Å². The minimum Gasteiger partial charge on any atom is -0.480 e. The number of amides is 1. The van der Waals surface area contributed by atoms with E-state index in [1.807, 2.05) is 0 Å². The van der Waals surface area contributed by atoms with Crippen molar-refractivity contribution in [3.8, 4) is 5.88 Å². The smallest absolute Gasteiger partial charge is 0.255 e. The van der Waals surface area contributed by atoms with E-state index in [1.165, 1.54) is 7.11 Å². The topological polar surface area (TPSA) is 77.2 Å². The number of benzene rings is 1. The molecule has 1 heterocycles. The number of carbonyl (C=O) groups excluding carboxylic acids is 1. The number of halogens is 1. The van der Waals surface area contributed by atoms with E-state index in [9.17, 15) is 4.79 Å². The van der Waals surface area contributed by atoms with Crippen LogP contribution in [-0.4, -0.2) is 18.0 Å². The van der Waals surface area contributed by atoms with Gasteiger partial charge >= 0.3 is 0 Å². The van der Waals surface area contributed by atoms with Gasteiger partial charge in [-0.25, -0.2) is 4.98 Å². The van der Waals surface area contributed by atoms with E-state index in [0.29, 0.717) is 22.8 Å². The fourth-order valence-corrected chi connectivity index (χ4v) is 2.10. The Morgan fingerprint density at radius 3 is 2.89 bits per heavy atom. The normalized spacial score (nSPS) is 10.0. The molecule has 0 aliphatic heterocycles. The summed E-state index contributed by atoms with van der Waals surface area (Å²) in [6.45, 7) is 0. The van der Waals surface area contributed by atoms with Crippen LogP contribution in [0.15, 0.2) is 41.0 Å². The standard InChI is InChI=1S/C13H12BrN3O2/c1-19-13-11(3-2-4-16-13)17-12(18)8-5-9(14)7-10(15)6-8/h2-7H,15H2,1H3,(H,17,18). The molecule has 1 amide bonds. The average Bonchev–Trinajstić information content (AvgIpc) is 2.38. The molecule has 1 aromatic carbocycles. The van der Waals surface area contributed by atoms with E-state index < -0.39 is 0 Å². The maximum Gasteiger partial charge on any atom is 0.255 e. The molecule has 0 unspecified atom stereocenters. The summed E-state index contributed by atoms with van der Waals surface area (Å²) in [5.74, 6) is 0.0816. The zero-order chi connectivity index (χ0) is 13.8. The number of hydrogen-bond donors (Lipinski definition) is 2. The number of nitrogen functional groups attached to an aromatic ring is 1. The molecule has 98 valence electrons. The molecule has 0 spiro atoms. The number of rotatable bonds is 3. The molecule has 19 heavy (non-hydrogen) atoms. The molecular formula is C13H12BrN3O2. The first-order chi connectivity index (χ1) is 9.10. The highest BCUT2D eigenvalue weighted by atomic mass is 79.9. The molecule has 0 saturated carbocycles. The number of aromatic nitrogens is 1. The van der Waals surface area contributed by atoms with Gasteiger partial charge in [-0.2, -0.15) is 0 Å². The van der Waals surface area contributed by atoms with Gasteiger partial charge in [0, 0.05) is 21.9 Å². The van der Waals surface area contributed by atoms with Crippen molar-refractivity contribution in [1.29, 1.82) is 0 Å². The zero-order valence-corrected chi connectivity index (χ0v) is 11.8. The summed E-state index contributed by atoms with van der Waals surface area (Å²) in [7, 11) is 1.50. The van der Waals surface area contributed by atoms with Gasteiger partial charge in [-0.1, -0.05) is 15.9 Å². The van der Waals surface area contributed by atoms with Gasteiger partial charge in [0.2, 0.25) is 5.88 Å². The fourth-order valence-electron chi connectivity index (χ4n) is 1.59. The first-order valence-corrected chi connectivity index (χ1v) is 6.26. The number of methoxy groups -OCH3 is 1. The second-order valence-electron chi connectivity index (χ2n) is 3.79. The van der Waals surface area contributed by atoms with Gasteiger partial charge in [0.05, 0.1) is 7.11 Å². The van der Waals surface area contributed by atoms with Gasteiger partial charge in [0.25, 0.3) is 5.91 Å². The predicted molar refractivity (Wildman–Crippen MR) is 77.3 cm³/mol. The van der Waals surface area contributed by atoms with Crippen molar-refractivity contribution in [2.45, 2.75) is 0 Å². The van der Waals surface area contributed by atoms with Crippen molar-refractivity contribution >= 4 is 33.2 Å². The minimum atomic E-state index is -0.278. The van der Waals surface area contributed by atoms with Crippen LogP contribution in [0.4, 0.5) is 11.4 Å². The molecule has 0 radical (unpaired) electrons. The summed E-state index contributed by atoms with van der Waals surface area (Å²) in [5, 5.41) is 2.73. The third-order valence-electron chi connectivity index (χ3n) is 2.40. The maximum absolute atomic E-state index is 12.1. The van der Waals surface area contributed by atoms with E-state index in [4.69, 9.17) is 10.5 Å². The van der Waals surface area contributed by atoms with Gasteiger partial charge in [0.15, 0.2) is 0 Å². The van der Waals surface area contributed by atoms with Crippen LogP contribution in [0.1, 0.15) is 10.4 Å². The van der Waals surface area contributed by atoms with E-state index in [-0.39, 0.29) is 5.91 Å². The third kappa shape index (κ3) is 3.23. The monoisotopic (exact) mass is 321 g/mol. The van der Waals surface area contributed by atoms with Crippen molar-refractivity contribution in [2.24, 2.45) is 0 Å². The fraction of sp³-hybridized carbons (Fsp3) is 0.0769. The Hall–Kier alpha value is -2.08. The lowest BCUT2D eigenvalue weighted by Crippen LogP contribution is -2.13. The maximum atomic E-state index is 12.1. The van der Waals surface area contributed by atoms with Gasteiger partial charge < -0.3 is 15.8 Å². The van der Waals surface area contributed by atoms with E-state index >= 15 is 0 Å². The molecule has 0 aliphatic rings. The number of ether oxygens (including phenoxy) is 1. The highest BCUT2D eigenvalue weighted by Crippen LogP contribution is 2.22. The molecule has 0 atom stereocenters. The molecule has 5 nitrogen and oxygen atoms in total. The molecule has 0 aliphatic carbocycles. The largest absolute Gasteiger partial charge is 0.480 e. The molecule has 0 saturated heterocycles. The summed E-state index contributed by atoms with van der Waals surface area (Å²) < 4.78 is 5.82. The number of nitrogens with two attached hydrogens (primary N) is 1. The van der Waals surface area contributed by atoms with Crippen LogP contribution in [0, 0.1) is 0 Å². The number of nitrogens with zero attached hydrogens (tertiary/aromatic N) is 1. The lowest BCUT2D eigenvalue weighted by molar-refractivity contribution is 0.102. The summed E-state index contributed by atoms with van der Waals surface area (Å²) >= 11 is 3.30. The number of carbonyl (C=O) groups is 1. The number of pyridine rings is 1. The van der Waals surface area contributed by atoms with Crippen LogP contribution in [0.2, 0.25) is 0 Å². The minimum absolute atomic E-state index is 0.278. The number of nitrogens with one attached hydrogen (secondary N) is 1. The molecule has 3 N–H and O–H groups in total. The Morgan fingerprint density at radius 2 is 2.21 bits per heavy atom. The van der Waals surface area contributed by atoms with Crippen LogP contribution >= 0.6 is 15.9 Å². The Morgan fingerprint density at radius 1 is 1.42 bits per heavy atom. The Labute approximate surface area is 118 Å². The lowest BCUT2D eigenvalue weighted by Gasteiger charge is -2.09. The number of anilines is 2. The first kappa shape index (κ1) is 13.4. The quantitative estimate of drug-likeness (QED) is 0.852. The van der Waals surface area contributed by atoms with E-state index in [0.717, 1.165) is 4.47 Å². The van der Waals surface area contributed by atoms with Crippen LogP contribution < -0.4 is 15.8 Å². The molecule has 6 heteroatoms. The Balaban J connectivity index is 2.25. The average molecular weight is 322 g/mol. The molecule has 0 fully saturated rings. The first-order valence-electron chi connectivity index (χ1n) is 5.46. The molecular weight excluding hydrogens is 310 g/mol. The molecule has 2 rings (SSSR count). The Kier molecular flexibility index (Phi) is 4.01. The molecule has 2 aromatic rings. The van der Waals surface area contributed by atoms with Crippen LogP contribution in [-0.2, 0) is 0 Å². The van der Waals surface area contributed by atoms with Crippen molar-refractivity contribution < 1.29 is 9.53 Å². The van der Waals surface area contributed by atoms with Crippen molar-refractivity contribution in [1.82, 2.24) is 4.98 Å². The van der Waals surface area contributed by atoms with Gasteiger partial charge in [-0.3, -0.25) is 4.79 Å². The SMILES string of the molecule is COc1ncccc1NC(=O)c1cc(N)cc(Br)c1. The van der Waals surface area contributed by atoms with E-state index in [2.05, 4.69) is 26.2 Å². The van der Waals surface area contributed by atoms with Crippen LogP contribution in [0.5, 0.6) is 5.88 Å². The summed E-state index contributed by atoms with van der Waals surface area (Å²) in [5.41, 5.74) is 7.18. The summed E-state index contributed by atoms with van der Waals surface area (Å²) in [6.07, 6.45) is 1.59. The van der Waals surface area contributed by atoms with Crippen LogP contribution in [0.3, 0.4) is 0 Å². The van der Waals surface area contributed by atoms with Crippen molar-refractivity contribution in [2.75, 3.05) is 18.2 Å². The molecule has 0 bridgehead atoms.